The summed E-state index contributed by atoms with van der Waals surface area (Å²) in [6.45, 7) is 7.84. The van der Waals surface area contributed by atoms with E-state index in [1.54, 1.807) is 32.0 Å². The average Bonchev–Trinajstić information content (AvgIpc) is 3.06. The highest BCUT2D eigenvalue weighted by Crippen LogP contribution is 2.41. The second kappa shape index (κ2) is 9.84. The first-order chi connectivity index (χ1) is 14.3. The van der Waals surface area contributed by atoms with Crippen molar-refractivity contribution in [3.63, 3.8) is 0 Å². The van der Waals surface area contributed by atoms with Gasteiger partial charge in [-0.15, -0.1) is 11.3 Å². The van der Waals surface area contributed by atoms with Gasteiger partial charge in [-0.1, -0.05) is 24.9 Å². The van der Waals surface area contributed by atoms with Gasteiger partial charge in [-0.2, -0.15) is 0 Å². The Balaban J connectivity index is 1.81. The minimum absolute atomic E-state index is 0.295. The number of carbonyl (C=O) groups is 2. The Hall–Kier alpha value is -2.05. The van der Waals surface area contributed by atoms with Gasteiger partial charge in [0.05, 0.1) is 12.2 Å². The number of thiophene rings is 1. The number of rotatable bonds is 7. The SMILES string of the molecule is CCOC(=O)c1c(NC(=O)[C@@H](C)Oc2ccc(Cl)cc2C)sc2c1CC[C@@H](CC)C2. The van der Waals surface area contributed by atoms with Crippen molar-refractivity contribution in [2.45, 2.75) is 59.5 Å². The van der Waals surface area contributed by atoms with E-state index in [1.807, 2.05) is 6.92 Å². The van der Waals surface area contributed by atoms with E-state index >= 15 is 0 Å². The summed E-state index contributed by atoms with van der Waals surface area (Å²) in [4.78, 5) is 26.7. The van der Waals surface area contributed by atoms with Gasteiger partial charge in [0.15, 0.2) is 6.10 Å². The molecule has 0 saturated carbocycles. The lowest BCUT2D eigenvalue weighted by Crippen LogP contribution is -2.30. The summed E-state index contributed by atoms with van der Waals surface area (Å²) in [6.07, 6.45) is 3.20. The molecule has 0 radical (unpaired) electrons. The maximum absolute atomic E-state index is 12.9. The molecule has 162 valence electrons. The van der Waals surface area contributed by atoms with E-state index in [1.165, 1.54) is 16.2 Å². The van der Waals surface area contributed by atoms with Gasteiger partial charge in [0.25, 0.3) is 5.91 Å². The van der Waals surface area contributed by atoms with Gasteiger partial charge in [-0.3, -0.25) is 4.79 Å². The Morgan fingerprint density at radius 2 is 2.10 bits per heavy atom. The van der Waals surface area contributed by atoms with Crippen molar-refractivity contribution >= 4 is 39.8 Å². The molecular weight excluding hydrogens is 422 g/mol. The summed E-state index contributed by atoms with van der Waals surface area (Å²) in [5.74, 6) is 0.539. The van der Waals surface area contributed by atoms with Crippen LogP contribution < -0.4 is 10.1 Å². The first kappa shape index (κ1) is 22.6. The zero-order valence-corrected chi connectivity index (χ0v) is 19.4. The minimum Gasteiger partial charge on any atom is -0.481 e. The number of esters is 1. The predicted octanol–water partition coefficient (Wildman–Crippen LogP) is 5.81. The van der Waals surface area contributed by atoms with Crippen LogP contribution in [0.3, 0.4) is 0 Å². The number of aryl methyl sites for hydroxylation is 1. The lowest BCUT2D eigenvalue weighted by atomic mass is 9.85. The summed E-state index contributed by atoms with van der Waals surface area (Å²) in [6, 6.07) is 5.27. The number of ether oxygens (including phenoxy) is 2. The van der Waals surface area contributed by atoms with E-state index in [0.29, 0.717) is 33.9 Å². The summed E-state index contributed by atoms with van der Waals surface area (Å²) in [5, 5.41) is 4.09. The third-order valence-corrected chi connectivity index (χ3v) is 6.88. The number of fused-ring (bicyclic) bond motifs is 1. The third-order valence-electron chi connectivity index (χ3n) is 5.47. The van der Waals surface area contributed by atoms with Crippen LogP contribution in [0.1, 0.15) is 60.0 Å². The maximum Gasteiger partial charge on any atom is 0.341 e. The fraction of sp³-hybridized carbons (Fsp3) is 0.478. The Morgan fingerprint density at radius 3 is 2.77 bits per heavy atom. The fourth-order valence-corrected chi connectivity index (χ4v) is 5.29. The normalized spacial score (nSPS) is 16.5. The number of benzene rings is 1. The Morgan fingerprint density at radius 1 is 1.33 bits per heavy atom. The highest BCUT2D eigenvalue weighted by Gasteiger charge is 2.30. The third kappa shape index (κ3) is 4.98. The van der Waals surface area contributed by atoms with Crippen molar-refractivity contribution in [3.8, 4) is 5.75 Å². The van der Waals surface area contributed by atoms with Crippen molar-refractivity contribution in [3.05, 3.63) is 44.8 Å². The van der Waals surface area contributed by atoms with E-state index < -0.39 is 6.10 Å². The summed E-state index contributed by atoms with van der Waals surface area (Å²) >= 11 is 7.48. The summed E-state index contributed by atoms with van der Waals surface area (Å²) < 4.78 is 11.1. The molecule has 1 amide bonds. The molecular formula is C23H28ClNO4S. The van der Waals surface area contributed by atoms with E-state index in [4.69, 9.17) is 21.1 Å². The largest absolute Gasteiger partial charge is 0.481 e. The van der Waals surface area contributed by atoms with Gasteiger partial charge in [-0.05, 0) is 75.3 Å². The number of carbonyl (C=O) groups excluding carboxylic acids is 2. The molecule has 0 bridgehead atoms. The zero-order valence-electron chi connectivity index (χ0n) is 17.8. The molecule has 2 aromatic rings. The van der Waals surface area contributed by atoms with Crippen molar-refractivity contribution in [1.29, 1.82) is 0 Å². The van der Waals surface area contributed by atoms with E-state index in [0.717, 1.165) is 36.8 Å². The number of halogens is 1. The van der Waals surface area contributed by atoms with E-state index in [2.05, 4.69) is 12.2 Å². The van der Waals surface area contributed by atoms with Gasteiger partial charge < -0.3 is 14.8 Å². The zero-order chi connectivity index (χ0) is 21.8. The van der Waals surface area contributed by atoms with Crippen LogP contribution in [-0.4, -0.2) is 24.6 Å². The first-order valence-electron chi connectivity index (χ1n) is 10.4. The molecule has 1 aromatic carbocycles. The smallest absolute Gasteiger partial charge is 0.341 e. The van der Waals surface area contributed by atoms with Gasteiger partial charge in [-0.25, -0.2) is 4.79 Å². The number of amides is 1. The molecule has 1 aliphatic rings. The van der Waals surface area contributed by atoms with Gasteiger partial charge >= 0.3 is 5.97 Å². The van der Waals surface area contributed by atoms with Crippen LogP contribution in [0, 0.1) is 12.8 Å². The molecule has 1 aromatic heterocycles. The van der Waals surface area contributed by atoms with Crippen LogP contribution in [0.2, 0.25) is 5.02 Å². The molecule has 7 heteroatoms. The van der Waals surface area contributed by atoms with Crippen molar-refractivity contribution in [2.24, 2.45) is 5.92 Å². The molecule has 2 atom stereocenters. The molecule has 0 aliphatic heterocycles. The van der Waals surface area contributed by atoms with Crippen LogP contribution in [-0.2, 0) is 22.4 Å². The predicted molar refractivity (Wildman–Crippen MR) is 121 cm³/mol. The standard InChI is InChI=1S/C23H28ClNO4S/c1-5-15-7-9-17-19(12-15)30-22(20(17)23(27)28-6-2)25-21(26)14(4)29-18-10-8-16(24)11-13(18)3/h8,10-11,14-15H,5-7,9,12H2,1-4H3,(H,25,26)/t14-,15-/m1/s1. The fourth-order valence-electron chi connectivity index (χ4n) is 3.71. The molecule has 0 unspecified atom stereocenters. The highest BCUT2D eigenvalue weighted by atomic mass is 35.5. The van der Waals surface area contributed by atoms with Crippen LogP contribution in [0.4, 0.5) is 5.00 Å². The van der Waals surface area contributed by atoms with Gasteiger partial charge in [0, 0.05) is 9.90 Å². The quantitative estimate of drug-likeness (QED) is 0.542. The number of hydrogen-bond donors (Lipinski definition) is 1. The average molecular weight is 450 g/mol. The summed E-state index contributed by atoms with van der Waals surface area (Å²) in [7, 11) is 0. The van der Waals surface area contributed by atoms with Crippen molar-refractivity contribution in [1.82, 2.24) is 0 Å². The molecule has 0 saturated heterocycles. The highest BCUT2D eigenvalue weighted by molar-refractivity contribution is 7.17. The van der Waals surface area contributed by atoms with Crippen molar-refractivity contribution < 1.29 is 19.1 Å². The molecule has 1 heterocycles. The first-order valence-corrected chi connectivity index (χ1v) is 11.6. The molecule has 5 nitrogen and oxygen atoms in total. The lowest BCUT2D eigenvalue weighted by Gasteiger charge is -2.21. The second-order valence-corrected chi connectivity index (χ2v) is 9.15. The number of anilines is 1. The molecule has 30 heavy (non-hydrogen) atoms. The van der Waals surface area contributed by atoms with E-state index in [9.17, 15) is 9.59 Å². The van der Waals surface area contributed by atoms with Crippen molar-refractivity contribution in [2.75, 3.05) is 11.9 Å². The van der Waals surface area contributed by atoms with Gasteiger partial charge in [0.2, 0.25) is 0 Å². The lowest BCUT2D eigenvalue weighted by molar-refractivity contribution is -0.122. The van der Waals surface area contributed by atoms with Gasteiger partial charge in [0.1, 0.15) is 10.8 Å². The Kier molecular flexibility index (Phi) is 7.42. The molecule has 1 aliphatic carbocycles. The molecule has 3 rings (SSSR count). The summed E-state index contributed by atoms with van der Waals surface area (Å²) in [5.41, 5.74) is 2.39. The Bertz CT molecular complexity index is 940. The topological polar surface area (TPSA) is 64.6 Å². The van der Waals surface area contributed by atoms with Crippen LogP contribution in [0.15, 0.2) is 18.2 Å². The number of nitrogens with one attached hydrogen (secondary N) is 1. The second-order valence-electron chi connectivity index (χ2n) is 7.60. The van der Waals surface area contributed by atoms with Crippen LogP contribution >= 0.6 is 22.9 Å². The van der Waals surface area contributed by atoms with E-state index in [-0.39, 0.29) is 11.9 Å². The maximum atomic E-state index is 12.9. The molecule has 1 N–H and O–H groups in total. The minimum atomic E-state index is -0.734. The van der Waals surface area contributed by atoms with Crippen LogP contribution in [0.25, 0.3) is 0 Å². The Labute approximate surface area is 186 Å². The molecule has 0 fully saturated rings. The molecule has 0 spiro atoms. The number of hydrogen-bond acceptors (Lipinski definition) is 5. The van der Waals surface area contributed by atoms with Crippen LogP contribution in [0.5, 0.6) is 5.75 Å². The monoisotopic (exact) mass is 449 g/mol.